The average molecular weight is 459 g/mol. The molecule has 16 heteroatoms. The molecule has 13 nitrogen and oxygen atoms in total. The van der Waals surface area contributed by atoms with Gasteiger partial charge < -0.3 is 22.4 Å². The number of carboxylic acids is 1. The van der Waals surface area contributed by atoms with Gasteiger partial charge in [0.25, 0.3) is 11.8 Å². The summed E-state index contributed by atoms with van der Waals surface area (Å²) in [6, 6.07) is -2.31. The zero-order valence-corrected chi connectivity index (χ0v) is 19.4. The molecule has 156 valence electrons. The van der Waals surface area contributed by atoms with Gasteiger partial charge in [-0.25, -0.2) is 14.1 Å². The number of oxime groups is 1. The van der Waals surface area contributed by atoms with Crippen molar-refractivity contribution >= 4 is 50.3 Å². The quantitative estimate of drug-likeness (QED) is 0.102. The van der Waals surface area contributed by atoms with Gasteiger partial charge in [-0.15, -0.1) is 11.3 Å². The number of carbonyl (C=O) groups excluding carboxylic acids is 2. The molecule has 2 atom stereocenters. The number of nitrogens with zero attached hydrogens (tertiary/aromatic N) is 3. The molecule has 1 aliphatic heterocycles. The summed E-state index contributed by atoms with van der Waals surface area (Å²) in [5, 5.41) is 16.3. The number of anilines is 1. The molecule has 2 rings (SSSR count). The molecule has 1 aliphatic rings. The maximum Gasteiger partial charge on any atom is 1.00 e. The predicted molar refractivity (Wildman–Crippen MR) is 96.8 cm³/mol. The van der Waals surface area contributed by atoms with Gasteiger partial charge in [0.1, 0.15) is 11.7 Å². The number of carboxylic acid groups (broad SMARTS) is 1. The number of aliphatic carboxylic acids is 1. The van der Waals surface area contributed by atoms with E-state index in [9.17, 15) is 22.8 Å². The number of thiazole rings is 1. The number of nitrogens with one attached hydrogen (secondary N) is 1. The summed E-state index contributed by atoms with van der Waals surface area (Å²) in [6.07, 6.45) is 0. The van der Waals surface area contributed by atoms with E-state index in [-0.39, 0.29) is 46.1 Å². The van der Waals surface area contributed by atoms with Gasteiger partial charge >= 0.3 is 45.8 Å². The number of rotatable bonds is 7. The van der Waals surface area contributed by atoms with Crippen molar-refractivity contribution in [2.24, 2.45) is 5.16 Å². The van der Waals surface area contributed by atoms with Crippen LogP contribution in [0, 0.1) is 0 Å². The first-order chi connectivity index (χ1) is 12.8. The first-order valence-electron chi connectivity index (χ1n) is 7.58. The van der Waals surface area contributed by atoms with E-state index in [0.717, 1.165) is 11.3 Å². The normalized spacial score (nSPS) is 19.8. The van der Waals surface area contributed by atoms with Crippen LogP contribution in [0.15, 0.2) is 10.5 Å². The zero-order chi connectivity index (χ0) is 21.4. The smallest absolute Gasteiger partial charge is 1.00 e. The summed E-state index contributed by atoms with van der Waals surface area (Å²) < 4.78 is 31.4. The standard InChI is InChI=1S/C13H17N5O8S2.Na.H/c1-5-7(10(20)18(5)28(23,24)25)16-9(19)8(6-4-27-12(14)15-6)17-26-13(2,3)11(21)22;;/h4-5,7H,1-3H3,(H2,14,15)(H,16,19)(H,21,22)(H,23,24,25);;/q;+1;-1/t5-,7-;;/m0../s1. The molecule has 0 aromatic carbocycles. The molecule has 1 aromatic rings. The Hall–Kier alpha value is -1.78. The Labute approximate surface area is 192 Å². The SMILES string of the molecule is C[C@H]1[C@H](NC(=O)C(=NOC(C)(C)C(=O)O)c2csc(N)n2)C(=O)N1S(=O)(=O)O.[H-].[Na+]. The van der Waals surface area contributed by atoms with Gasteiger partial charge in [0.2, 0.25) is 5.60 Å². The van der Waals surface area contributed by atoms with E-state index < -0.39 is 51.5 Å². The second kappa shape index (κ2) is 8.93. The Morgan fingerprint density at radius 2 is 2.07 bits per heavy atom. The molecule has 0 spiro atoms. The summed E-state index contributed by atoms with van der Waals surface area (Å²) in [7, 11) is -4.76. The van der Waals surface area contributed by atoms with Crippen molar-refractivity contribution in [3.05, 3.63) is 11.1 Å². The largest absolute Gasteiger partial charge is 1.00 e. The monoisotopic (exact) mass is 459 g/mol. The van der Waals surface area contributed by atoms with Crippen LogP contribution in [0.5, 0.6) is 0 Å². The van der Waals surface area contributed by atoms with E-state index in [2.05, 4.69) is 15.5 Å². The number of hydrogen-bond donors (Lipinski definition) is 4. The van der Waals surface area contributed by atoms with Gasteiger partial charge in [-0.2, -0.15) is 8.42 Å². The summed E-state index contributed by atoms with van der Waals surface area (Å²) in [6.45, 7) is 3.69. The molecule has 2 heterocycles. The number of amides is 2. The Morgan fingerprint density at radius 1 is 1.48 bits per heavy atom. The third kappa shape index (κ3) is 5.43. The first-order valence-corrected chi connectivity index (χ1v) is 9.86. The van der Waals surface area contributed by atoms with Gasteiger partial charge in [-0.3, -0.25) is 14.1 Å². The second-order valence-electron chi connectivity index (χ2n) is 6.22. The van der Waals surface area contributed by atoms with E-state index in [1.165, 1.54) is 26.2 Å². The van der Waals surface area contributed by atoms with Crippen LogP contribution >= 0.6 is 11.3 Å². The minimum absolute atomic E-state index is 0. The molecule has 0 aliphatic carbocycles. The molecule has 1 fully saturated rings. The maximum absolute atomic E-state index is 12.6. The number of β-lactam (4-membered cyclic amide) rings is 1. The van der Waals surface area contributed by atoms with Crippen molar-refractivity contribution in [3.63, 3.8) is 0 Å². The minimum atomic E-state index is -4.76. The Kier molecular flexibility index (Phi) is 7.78. The molecule has 0 radical (unpaired) electrons. The van der Waals surface area contributed by atoms with Crippen LogP contribution < -0.4 is 40.6 Å². The fraction of sp³-hybridized carbons (Fsp3) is 0.462. The summed E-state index contributed by atoms with van der Waals surface area (Å²) in [5.74, 6) is -3.38. The molecule has 0 unspecified atom stereocenters. The van der Waals surface area contributed by atoms with Gasteiger partial charge in [0.05, 0.1) is 6.04 Å². The third-order valence-electron chi connectivity index (χ3n) is 3.73. The number of nitrogens with two attached hydrogens (primary N) is 1. The second-order valence-corrected chi connectivity index (χ2v) is 8.40. The third-order valence-corrected chi connectivity index (χ3v) is 5.41. The van der Waals surface area contributed by atoms with Crippen LogP contribution in [0.1, 0.15) is 27.9 Å². The number of carbonyl (C=O) groups is 3. The number of hydrogen-bond acceptors (Lipinski definition) is 10. The van der Waals surface area contributed by atoms with Crippen molar-refractivity contribution in [3.8, 4) is 0 Å². The fourth-order valence-corrected chi connectivity index (χ4v) is 3.54. The fourth-order valence-electron chi connectivity index (χ4n) is 2.11. The van der Waals surface area contributed by atoms with Crippen molar-refractivity contribution in [2.45, 2.75) is 38.5 Å². The predicted octanol–water partition coefficient (Wildman–Crippen LogP) is -4.06. The number of nitrogen functional groups attached to an aromatic ring is 1. The van der Waals surface area contributed by atoms with Crippen LogP contribution in [0.25, 0.3) is 0 Å². The Bertz CT molecular complexity index is 966. The van der Waals surface area contributed by atoms with Gasteiger partial charge in [0, 0.05) is 5.38 Å². The van der Waals surface area contributed by atoms with E-state index in [0.29, 0.717) is 0 Å². The van der Waals surface area contributed by atoms with E-state index in [1.807, 2.05) is 0 Å². The molecule has 1 saturated heterocycles. The first kappa shape index (κ1) is 25.3. The van der Waals surface area contributed by atoms with Crippen molar-refractivity contribution < 1.29 is 68.3 Å². The van der Waals surface area contributed by atoms with Crippen LogP contribution in [-0.4, -0.2) is 68.5 Å². The molecular weight excluding hydrogens is 441 g/mol. The molecule has 0 bridgehead atoms. The van der Waals surface area contributed by atoms with Gasteiger partial charge in [-0.1, -0.05) is 5.16 Å². The maximum atomic E-state index is 12.6. The van der Waals surface area contributed by atoms with Crippen molar-refractivity contribution in [2.75, 3.05) is 5.73 Å². The average Bonchev–Trinajstić information content (AvgIpc) is 2.97. The Morgan fingerprint density at radius 3 is 2.48 bits per heavy atom. The van der Waals surface area contributed by atoms with Gasteiger partial charge in [-0.05, 0) is 20.8 Å². The van der Waals surface area contributed by atoms with Crippen LogP contribution in [0.4, 0.5) is 5.13 Å². The molecular formula is C13H18N5NaO8S2. The zero-order valence-electron chi connectivity index (χ0n) is 16.8. The molecule has 5 N–H and O–H groups in total. The van der Waals surface area contributed by atoms with Gasteiger partial charge in [0.15, 0.2) is 10.8 Å². The topological polar surface area (TPSA) is 202 Å². The van der Waals surface area contributed by atoms with Crippen LogP contribution in [-0.2, 0) is 29.5 Å². The molecule has 0 saturated carbocycles. The molecule has 2 amide bonds. The summed E-state index contributed by atoms with van der Waals surface area (Å²) in [5.41, 5.74) is 3.26. The van der Waals surface area contributed by atoms with Crippen molar-refractivity contribution in [1.82, 2.24) is 14.6 Å². The summed E-state index contributed by atoms with van der Waals surface area (Å²) >= 11 is 0.980. The van der Waals surface area contributed by atoms with E-state index in [1.54, 1.807) is 0 Å². The number of aromatic nitrogens is 1. The molecule has 1 aromatic heterocycles. The van der Waals surface area contributed by atoms with Crippen LogP contribution in [0.2, 0.25) is 0 Å². The van der Waals surface area contributed by atoms with E-state index >= 15 is 0 Å². The summed E-state index contributed by atoms with van der Waals surface area (Å²) in [4.78, 5) is 44.4. The minimum Gasteiger partial charge on any atom is -1.00 e. The van der Waals surface area contributed by atoms with Crippen LogP contribution in [0.3, 0.4) is 0 Å². The van der Waals surface area contributed by atoms with E-state index in [4.69, 9.17) is 20.2 Å². The Balaban J connectivity index is 0.00000420. The van der Waals surface area contributed by atoms with Crippen molar-refractivity contribution in [1.29, 1.82) is 0 Å². The molecule has 29 heavy (non-hydrogen) atoms.